The van der Waals surface area contributed by atoms with Gasteiger partial charge in [0.1, 0.15) is 11.6 Å². The number of benzene rings is 3. The Bertz CT molecular complexity index is 1340. The van der Waals surface area contributed by atoms with Crippen LogP contribution >= 0.6 is 31.9 Å². The Kier molecular flexibility index (Phi) is 8.04. The van der Waals surface area contributed by atoms with Crippen molar-refractivity contribution < 1.29 is 19.1 Å². The van der Waals surface area contributed by atoms with Crippen LogP contribution in [-0.2, 0) is 16.0 Å². The van der Waals surface area contributed by atoms with E-state index >= 15 is 0 Å². The minimum absolute atomic E-state index is 0.265. The van der Waals surface area contributed by atoms with Crippen molar-refractivity contribution in [1.29, 1.82) is 0 Å². The van der Waals surface area contributed by atoms with Gasteiger partial charge < -0.3 is 15.4 Å². The lowest BCUT2D eigenvalue weighted by Gasteiger charge is -2.37. The van der Waals surface area contributed by atoms with E-state index < -0.39 is 17.7 Å². The monoisotopic (exact) mass is 627 g/mol. The summed E-state index contributed by atoms with van der Waals surface area (Å²) < 4.78 is 7.39. The maximum Gasteiger partial charge on any atom is 0.411 e. The number of hydrogen-bond acceptors (Lipinski definition) is 4. The standard InChI is InChI=1S/C28H27Br2N3O4/c1-28(2,3)37-27(36)33-14-13-18-15-20(30)11-12-23(18)24(33)26(35)32-22-6-4-5-21(16-22)31-25(34)17-7-9-19(29)10-8-17/h4-12,15-16,24H,13-14H2,1-3H3,(H,31,34)(H,32,35). The van der Waals surface area contributed by atoms with Gasteiger partial charge in [-0.2, -0.15) is 0 Å². The highest BCUT2D eigenvalue weighted by molar-refractivity contribution is 9.10. The second-order valence-corrected chi connectivity index (χ2v) is 11.5. The molecule has 2 N–H and O–H groups in total. The number of carbonyl (C=O) groups is 3. The molecule has 7 nitrogen and oxygen atoms in total. The fraction of sp³-hybridized carbons (Fsp3) is 0.250. The highest BCUT2D eigenvalue weighted by atomic mass is 79.9. The summed E-state index contributed by atoms with van der Waals surface area (Å²) in [4.78, 5) is 40.8. The van der Waals surface area contributed by atoms with Crippen molar-refractivity contribution in [3.8, 4) is 0 Å². The summed E-state index contributed by atoms with van der Waals surface area (Å²) in [6.07, 6.45) is 0.0618. The summed E-state index contributed by atoms with van der Waals surface area (Å²) in [5, 5.41) is 5.77. The van der Waals surface area contributed by atoms with Gasteiger partial charge in [-0.1, -0.05) is 44.0 Å². The predicted octanol–water partition coefficient (Wildman–Crippen LogP) is 6.94. The Labute approximate surface area is 232 Å². The number of halogens is 2. The number of nitrogens with zero attached hydrogens (tertiary/aromatic N) is 1. The van der Waals surface area contributed by atoms with Crippen LogP contribution in [0, 0.1) is 0 Å². The van der Waals surface area contributed by atoms with Gasteiger partial charge in [0.05, 0.1) is 0 Å². The van der Waals surface area contributed by atoms with Crippen molar-refractivity contribution in [3.63, 3.8) is 0 Å². The average molecular weight is 629 g/mol. The number of amides is 3. The maximum atomic E-state index is 13.6. The van der Waals surface area contributed by atoms with Crippen molar-refractivity contribution in [2.75, 3.05) is 17.2 Å². The quantitative estimate of drug-likeness (QED) is 0.328. The van der Waals surface area contributed by atoms with E-state index in [1.807, 2.05) is 18.2 Å². The Balaban J connectivity index is 1.56. The summed E-state index contributed by atoms with van der Waals surface area (Å²) in [5.74, 6) is -0.635. The topological polar surface area (TPSA) is 87.7 Å². The van der Waals surface area contributed by atoms with Gasteiger partial charge in [-0.05, 0) is 92.9 Å². The maximum absolute atomic E-state index is 13.6. The third-order valence-electron chi connectivity index (χ3n) is 5.70. The molecule has 0 radical (unpaired) electrons. The molecule has 0 aliphatic carbocycles. The minimum Gasteiger partial charge on any atom is -0.444 e. The second kappa shape index (κ2) is 11.1. The molecule has 9 heteroatoms. The van der Waals surface area contributed by atoms with Gasteiger partial charge in [-0.3, -0.25) is 14.5 Å². The van der Waals surface area contributed by atoms with Crippen molar-refractivity contribution in [1.82, 2.24) is 4.90 Å². The van der Waals surface area contributed by atoms with Crippen LogP contribution in [0.2, 0.25) is 0 Å². The molecular formula is C28H27Br2N3O4. The summed E-state index contributed by atoms with van der Waals surface area (Å²) in [5.41, 5.74) is 2.58. The average Bonchev–Trinajstić information content (AvgIpc) is 2.82. The van der Waals surface area contributed by atoms with Crippen LogP contribution in [0.4, 0.5) is 16.2 Å². The molecular weight excluding hydrogens is 602 g/mol. The largest absolute Gasteiger partial charge is 0.444 e. The van der Waals surface area contributed by atoms with E-state index in [1.54, 1.807) is 69.3 Å². The molecule has 3 aromatic rings. The molecule has 0 saturated carbocycles. The van der Waals surface area contributed by atoms with E-state index in [1.165, 1.54) is 4.90 Å². The molecule has 1 aliphatic rings. The Morgan fingerprint density at radius 2 is 1.54 bits per heavy atom. The van der Waals surface area contributed by atoms with Gasteiger partial charge in [-0.25, -0.2) is 4.79 Å². The molecule has 192 valence electrons. The molecule has 0 aromatic heterocycles. The number of ether oxygens (including phenoxy) is 1. The molecule has 0 bridgehead atoms. The fourth-order valence-electron chi connectivity index (χ4n) is 4.09. The Morgan fingerprint density at radius 3 is 2.22 bits per heavy atom. The number of carbonyl (C=O) groups excluding carboxylic acids is 3. The van der Waals surface area contributed by atoms with E-state index in [0.29, 0.717) is 29.9 Å². The van der Waals surface area contributed by atoms with E-state index in [-0.39, 0.29) is 11.8 Å². The summed E-state index contributed by atoms with van der Waals surface area (Å²) >= 11 is 6.85. The molecule has 3 aromatic carbocycles. The van der Waals surface area contributed by atoms with Crippen LogP contribution in [0.1, 0.15) is 48.3 Å². The van der Waals surface area contributed by atoms with Gasteiger partial charge in [0.25, 0.3) is 11.8 Å². The zero-order valence-corrected chi connectivity index (χ0v) is 23.9. The number of fused-ring (bicyclic) bond motifs is 1. The van der Waals surface area contributed by atoms with Gasteiger partial charge in [0.15, 0.2) is 0 Å². The van der Waals surface area contributed by atoms with Crippen LogP contribution in [0.3, 0.4) is 0 Å². The molecule has 37 heavy (non-hydrogen) atoms. The van der Waals surface area contributed by atoms with Crippen molar-refractivity contribution in [2.24, 2.45) is 0 Å². The summed E-state index contributed by atoms with van der Waals surface area (Å²) in [7, 11) is 0. The minimum atomic E-state index is -0.868. The van der Waals surface area contributed by atoms with Crippen LogP contribution in [0.5, 0.6) is 0 Å². The third-order valence-corrected chi connectivity index (χ3v) is 6.73. The van der Waals surface area contributed by atoms with E-state index in [2.05, 4.69) is 42.5 Å². The van der Waals surface area contributed by atoms with E-state index in [0.717, 1.165) is 20.1 Å². The first kappa shape index (κ1) is 26.9. The van der Waals surface area contributed by atoms with Crippen molar-refractivity contribution >= 4 is 61.1 Å². The lowest BCUT2D eigenvalue weighted by molar-refractivity contribution is -0.121. The van der Waals surface area contributed by atoms with Crippen molar-refractivity contribution in [3.05, 3.63) is 92.4 Å². The molecule has 1 heterocycles. The highest BCUT2D eigenvalue weighted by Crippen LogP contribution is 2.34. The number of hydrogen-bond donors (Lipinski definition) is 2. The summed E-state index contributed by atoms with van der Waals surface area (Å²) in [6, 6.07) is 18.7. The lowest BCUT2D eigenvalue weighted by Crippen LogP contribution is -2.47. The SMILES string of the molecule is CC(C)(C)OC(=O)N1CCc2cc(Br)ccc2C1C(=O)Nc1cccc(NC(=O)c2ccc(Br)cc2)c1. The number of nitrogens with one attached hydrogen (secondary N) is 2. The lowest BCUT2D eigenvalue weighted by atomic mass is 9.92. The third kappa shape index (κ3) is 6.78. The van der Waals surface area contributed by atoms with Gasteiger partial charge in [0, 0.05) is 32.4 Å². The first-order valence-electron chi connectivity index (χ1n) is 11.8. The molecule has 1 atom stereocenters. The number of rotatable bonds is 4. The smallest absolute Gasteiger partial charge is 0.411 e. The zero-order chi connectivity index (χ0) is 26.7. The van der Waals surface area contributed by atoms with Crippen LogP contribution in [0.15, 0.2) is 75.7 Å². The first-order chi connectivity index (χ1) is 17.5. The highest BCUT2D eigenvalue weighted by Gasteiger charge is 2.38. The van der Waals surface area contributed by atoms with Crippen LogP contribution < -0.4 is 10.6 Å². The second-order valence-electron chi connectivity index (χ2n) is 9.70. The van der Waals surface area contributed by atoms with Gasteiger partial charge in [-0.15, -0.1) is 0 Å². The van der Waals surface area contributed by atoms with Crippen molar-refractivity contribution in [2.45, 2.75) is 38.8 Å². The normalized spacial score (nSPS) is 14.9. The molecule has 1 aliphatic heterocycles. The zero-order valence-electron chi connectivity index (χ0n) is 20.7. The Morgan fingerprint density at radius 1 is 0.892 bits per heavy atom. The van der Waals surface area contributed by atoms with Crippen LogP contribution in [0.25, 0.3) is 0 Å². The summed E-state index contributed by atoms with van der Waals surface area (Å²) in [6.45, 7) is 5.73. The molecule has 4 rings (SSSR count). The molecule has 0 fully saturated rings. The predicted molar refractivity (Wildman–Crippen MR) is 151 cm³/mol. The molecule has 0 saturated heterocycles. The molecule has 3 amide bonds. The van der Waals surface area contributed by atoms with Gasteiger partial charge in [0.2, 0.25) is 0 Å². The fourth-order valence-corrected chi connectivity index (χ4v) is 4.76. The van der Waals surface area contributed by atoms with Crippen LogP contribution in [-0.4, -0.2) is 35.0 Å². The molecule has 1 unspecified atom stereocenters. The number of anilines is 2. The first-order valence-corrected chi connectivity index (χ1v) is 13.3. The van der Waals surface area contributed by atoms with Gasteiger partial charge >= 0.3 is 6.09 Å². The molecule has 0 spiro atoms. The van der Waals surface area contributed by atoms with E-state index in [9.17, 15) is 14.4 Å². The van der Waals surface area contributed by atoms with E-state index in [4.69, 9.17) is 4.74 Å². The Hall–Kier alpha value is -3.17.